The second-order valence-corrected chi connectivity index (χ2v) is 8.06. The number of nitrogens with zero attached hydrogens (tertiary/aromatic N) is 3. The number of halogens is 1. The van der Waals surface area contributed by atoms with Gasteiger partial charge in [-0.15, -0.1) is 11.3 Å². The van der Waals surface area contributed by atoms with Gasteiger partial charge in [0, 0.05) is 27.5 Å². The molecule has 2 aromatic heterocycles. The highest BCUT2D eigenvalue weighted by molar-refractivity contribution is 9.10. The lowest BCUT2D eigenvalue weighted by Gasteiger charge is -2.09. The highest BCUT2D eigenvalue weighted by Gasteiger charge is 2.16. The Kier molecular flexibility index (Phi) is 5.42. The van der Waals surface area contributed by atoms with Gasteiger partial charge in [0.2, 0.25) is 5.91 Å². The molecule has 0 bridgehead atoms. The first-order chi connectivity index (χ1) is 14.4. The smallest absolute Gasteiger partial charge is 0.270 e. The maximum absolute atomic E-state index is 13.0. The average Bonchev–Trinajstić information content (AvgIpc) is 3.17. The molecule has 0 aliphatic heterocycles. The number of amides is 1. The van der Waals surface area contributed by atoms with Crippen LogP contribution in [0.1, 0.15) is 0 Å². The van der Waals surface area contributed by atoms with Crippen LogP contribution in [-0.2, 0) is 11.3 Å². The van der Waals surface area contributed by atoms with Crippen LogP contribution < -0.4 is 10.9 Å². The van der Waals surface area contributed by atoms with E-state index in [0.717, 1.165) is 11.1 Å². The lowest BCUT2D eigenvalue weighted by molar-refractivity contribution is -0.384. The first-order valence-corrected chi connectivity index (χ1v) is 10.4. The number of rotatable bonds is 5. The zero-order chi connectivity index (χ0) is 21.3. The van der Waals surface area contributed by atoms with Crippen LogP contribution in [0.2, 0.25) is 0 Å². The third kappa shape index (κ3) is 3.87. The van der Waals surface area contributed by atoms with Gasteiger partial charge in [0.25, 0.3) is 11.2 Å². The van der Waals surface area contributed by atoms with Gasteiger partial charge >= 0.3 is 0 Å². The van der Waals surface area contributed by atoms with Crippen LogP contribution in [0.4, 0.5) is 11.4 Å². The molecular weight excluding hydrogens is 472 g/mol. The molecule has 0 saturated heterocycles. The van der Waals surface area contributed by atoms with Gasteiger partial charge in [-0.2, -0.15) is 0 Å². The summed E-state index contributed by atoms with van der Waals surface area (Å²) in [6.45, 7) is -0.241. The summed E-state index contributed by atoms with van der Waals surface area (Å²) in [6, 6.07) is 13.5. The Morgan fingerprint density at radius 1 is 1.23 bits per heavy atom. The van der Waals surface area contributed by atoms with Gasteiger partial charge in [0.1, 0.15) is 11.4 Å². The van der Waals surface area contributed by atoms with E-state index in [-0.39, 0.29) is 17.8 Å². The lowest BCUT2D eigenvalue weighted by atomic mass is 10.1. The van der Waals surface area contributed by atoms with Crippen LogP contribution in [0.3, 0.4) is 0 Å². The Morgan fingerprint density at radius 3 is 2.70 bits per heavy atom. The summed E-state index contributed by atoms with van der Waals surface area (Å²) in [5.74, 6) is -0.454. The Balaban J connectivity index is 1.61. The highest BCUT2D eigenvalue weighted by Crippen LogP contribution is 2.30. The van der Waals surface area contributed by atoms with E-state index in [1.807, 2.05) is 35.7 Å². The number of aromatic nitrogens is 2. The molecule has 0 saturated carbocycles. The van der Waals surface area contributed by atoms with Crippen molar-refractivity contribution >= 4 is 54.8 Å². The van der Waals surface area contributed by atoms with Crippen molar-refractivity contribution in [2.75, 3.05) is 5.32 Å². The summed E-state index contributed by atoms with van der Waals surface area (Å²) in [7, 11) is 0. The minimum Gasteiger partial charge on any atom is -0.323 e. The Hall–Kier alpha value is -3.37. The molecular formula is C20H13BrN4O4S. The fourth-order valence-corrected chi connectivity index (χ4v) is 4.35. The molecule has 0 aliphatic carbocycles. The molecule has 0 fully saturated rings. The predicted octanol–water partition coefficient (Wildman–Crippen LogP) is 4.43. The van der Waals surface area contributed by atoms with Crippen LogP contribution in [0, 0.1) is 10.1 Å². The van der Waals surface area contributed by atoms with Gasteiger partial charge in [0.15, 0.2) is 0 Å². The molecule has 150 valence electrons. The SMILES string of the molecule is O=C(Cn1cnc2scc(-c3ccccc3)c2c1=O)Nc1ccc([N+](=O)[O-])cc1Br. The highest BCUT2D eigenvalue weighted by atomic mass is 79.9. The maximum Gasteiger partial charge on any atom is 0.270 e. The molecule has 1 amide bonds. The van der Waals surface area contributed by atoms with Crippen LogP contribution in [0.15, 0.2) is 69.5 Å². The lowest BCUT2D eigenvalue weighted by Crippen LogP contribution is -2.27. The molecule has 2 heterocycles. The van der Waals surface area contributed by atoms with E-state index < -0.39 is 10.8 Å². The van der Waals surface area contributed by atoms with Crippen molar-refractivity contribution in [2.24, 2.45) is 0 Å². The molecule has 8 nitrogen and oxygen atoms in total. The van der Waals surface area contributed by atoms with E-state index in [0.29, 0.717) is 20.4 Å². The number of nitro groups is 1. The van der Waals surface area contributed by atoms with E-state index in [2.05, 4.69) is 26.2 Å². The van der Waals surface area contributed by atoms with Gasteiger partial charge in [-0.1, -0.05) is 30.3 Å². The molecule has 0 radical (unpaired) electrons. The third-order valence-electron chi connectivity index (χ3n) is 4.40. The van der Waals surface area contributed by atoms with Gasteiger partial charge in [0.05, 0.1) is 22.3 Å². The number of fused-ring (bicyclic) bond motifs is 1. The average molecular weight is 485 g/mol. The molecule has 0 atom stereocenters. The first kappa shape index (κ1) is 19.9. The maximum atomic E-state index is 13.0. The number of carbonyl (C=O) groups is 1. The normalized spacial score (nSPS) is 10.8. The summed E-state index contributed by atoms with van der Waals surface area (Å²) < 4.78 is 1.62. The van der Waals surface area contributed by atoms with Crippen molar-refractivity contribution in [1.82, 2.24) is 9.55 Å². The number of non-ortho nitro benzene ring substituents is 1. The van der Waals surface area contributed by atoms with Crippen molar-refractivity contribution in [2.45, 2.75) is 6.54 Å². The number of benzene rings is 2. The number of anilines is 1. The molecule has 0 aliphatic rings. The fraction of sp³-hybridized carbons (Fsp3) is 0.0500. The van der Waals surface area contributed by atoms with Crippen molar-refractivity contribution in [3.8, 4) is 11.1 Å². The summed E-state index contributed by atoms with van der Waals surface area (Å²) >= 11 is 4.58. The fourth-order valence-electron chi connectivity index (χ4n) is 2.97. The minimum absolute atomic E-state index is 0.100. The first-order valence-electron chi connectivity index (χ1n) is 8.70. The Morgan fingerprint density at radius 2 is 2.00 bits per heavy atom. The van der Waals surface area contributed by atoms with Crippen molar-refractivity contribution < 1.29 is 9.72 Å². The number of thiophene rings is 1. The van der Waals surface area contributed by atoms with Gasteiger partial charge in [-0.25, -0.2) is 4.98 Å². The number of nitro benzene ring substituents is 1. The molecule has 30 heavy (non-hydrogen) atoms. The summed E-state index contributed by atoms with van der Waals surface area (Å²) in [5, 5.41) is 15.8. The van der Waals surface area contributed by atoms with Gasteiger partial charge in [-0.05, 0) is 27.6 Å². The van der Waals surface area contributed by atoms with Crippen LogP contribution in [0.25, 0.3) is 21.3 Å². The third-order valence-corrected chi connectivity index (χ3v) is 5.94. The summed E-state index contributed by atoms with van der Waals surface area (Å²) in [6.07, 6.45) is 1.35. The molecule has 2 aromatic carbocycles. The topological polar surface area (TPSA) is 107 Å². The van der Waals surface area contributed by atoms with E-state index in [9.17, 15) is 19.7 Å². The summed E-state index contributed by atoms with van der Waals surface area (Å²) in [4.78, 5) is 40.7. The van der Waals surface area contributed by atoms with E-state index >= 15 is 0 Å². The molecule has 0 spiro atoms. The largest absolute Gasteiger partial charge is 0.323 e. The van der Waals surface area contributed by atoms with Gasteiger partial charge < -0.3 is 5.32 Å². The molecule has 10 heteroatoms. The van der Waals surface area contributed by atoms with Crippen molar-refractivity contribution in [1.29, 1.82) is 0 Å². The van der Waals surface area contributed by atoms with Crippen LogP contribution in [0.5, 0.6) is 0 Å². The van der Waals surface area contributed by atoms with Crippen molar-refractivity contribution in [3.63, 3.8) is 0 Å². The molecule has 1 N–H and O–H groups in total. The Labute approximate surface area is 182 Å². The predicted molar refractivity (Wildman–Crippen MR) is 119 cm³/mol. The van der Waals surface area contributed by atoms with Crippen LogP contribution in [-0.4, -0.2) is 20.4 Å². The quantitative estimate of drug-likeness (QED) is 0.332. The molecule has 0 unspecified atom stereocenters. The molecule has 4 rings (SSSR count). The number of hydrogen-bond acceptors (Lipinski definition) is 6. The van der Waals surface area contributed by atoms with E-state index in [4.69, 9.17) is 0 Å². The van der Waals surface area contributed by atoms with E-state index in [1.165, 1.54) is 40.4 Å². The Bertz CT molecular complexity index is 1330. The van der Waals surface area contributed by atoms with Crippen LogP contribution >= 0.6 is 27.3 Å². The zero-order valence-electron chi connectivity index (χ0n) is 15.2. The molecule has 4 aromatic rings. The van der Waals surface area contributed by atoms with E-state index in [1.54, 1.807) is 0 Å². The van der Waals surface area contributed by atoms with Gasteiger partial charge in [-0.3, -0.25) is 24.3 Å². The zero-order valence-corrected chi connectivity index (χ0v) is 17.6. The standard InChI is InChI=1S/C20H13BrN4O4S/c21-15-8-13(25(28)29)6-7-16(15)23-17(26)9-24-11-22-19-18(20(24)27)14(10-30-19)12-4-2-1-3-5-12/h1-8,10-11H,9H2,(H,23,26). The number of hydrogen-bond donors (Lipinski definition) is 1. The second kappa shape index (κ2) is 8.17. The monoisotopic (exact) mass is 484 g/mol. The minimum atomic E-state index is -0.526. The number of nitrogens with one attached hydrogen (secondary N) is 1. The second-order valence-electron chi connectivity index (χ2n) is 6.34. The summed E-state index contributed by atoms with van der Waals surface area (Å²) in [5.41, 5.74) is 1.64. The number of carbonyl (C=O) groups excluding carboxylic acids is 1. The van der Waals surface area contributed by atoms with Crippen molar-refractivity contribution in [3.05, 3.63) is 85.2 Å².